The number of hydrogen-bond donors (Lipinski definition) is 1. The molecule has 2 heterocycles. The Kier molecular flexibility index (Phi) is 3.93. The highest BCUT2D eigenvalue weighted by molar-refractivity contribution is 5.85. The Morgan fingerprint density at radius 1 is 1.25 bits per heavy atom. The molecule has 1 aromatic carbocycles. The summed E-state index contributed by atoms with van der Waals surface area (Å²) in [6.07, 6.45) is 3.64. The minimum absolute atomic E-state index is 0. The fourth-order valence-corrected chi connectivity index (χ4v) is 4.13. The van der Waals surface area contributed by atoms with E-state index < -0.39 is 0 Å². The first-order chi connectivity index (χ1) is 9.29. The molecule has 1 saturated heterocycles. The first kappa shape index (κ1) is 14.2. The second-order valence-corrected chi connectivity index (χ2v) is 6.40. The summed E-state index contributed by atoms with van der Waals surface area (Å²) in [4.78, 5) is 2.59. The Bertz CT molecular complexity index is 493. The van der Waals surface area contributed by atoms with E-state index in [4.69, 9.17) is 10.5 Å². The molecule has 3 atom stereocenters. The predicted octanol–water partition coefficient (Wildman–Crippen LogP) is 2.21. The van der Waals surface area contributed by atoms with Gasteiger partial charge in [0.25, 0.3) is 0 Å². The lowest BCUT2D eigenvalue weighted by Crippen LogP contribution is -2.30. The van der Waals surface area contributed by atoms with Crippen molar-refractivity contribution in [1.82, 2.24) is 4.90 Å². The van der Waals surface area contributed by atoms with E-state index in [0.717, 1.165) is 37.2 Å². The molecule has 0 amide bonds. The molecule has 3 nitrogen and oxygen atoms in total. The van der Waals surface area contributed by atoms with Gasteiger partial charge in [-0.2, -0.15) is 0 Å². The van der Waals surface area contributed by atoms with Crippen LogP contribution in [0, 0.1) is 11.8 Å². The zero-order valence-corrected chi connectivity index (χ0v) is 12.6. The second-order valence-electron chi connectivity index (χ2n) is 6.40. The summed E-state index contributed by atoms with van der Waals surface area (Å²) in [5, 5.41) is 0. The van der Waals surface area contributed by atoms with E-state index in [1.165, 1.54) is 37.1 Å². The molecule has 0 radical (unpaired) electrons. The lowest BCUT2D eigenvalue weighted by Gasteiger charge is -2.18. The average Bonchev–Trinajstić information content (AvgIpc) is 3.07. The molecule has 4 heteroatoms. The summed E-state index contributed by atoms with van der Waals surface area (Å²) in [6.45, 7) is 4.36. The lowest BCUT2D eigenvalue weighted by molar-refractivity contribution is 0.298. The normalized spacial score (nSPS) is 31.6. The van der Waals surface area contributed by atoms with E-state index in [1.54, 1.807) is 0 Å². The molecule has 110 valence electrons. The Morgan fingerprint density at radius 3 is 3.00 bits per heavy atom. The van der Waals surface area contributed by atoms with E-state index in [-0.39, 0.29) is 12.4 Å². The van der Waals surface area contributed by atoms with Crippen LogP contribution >= 0.6 is 12.4 Å². The Labute approximate surface area is 126 Å². The second kappa shape index (κ2) is 5.55. The molecule has 2 N–H and O–H groups in total. The van der Waals surface area contributed by atoms with Gasteiger partial charge in [-0.1, -0.05) is 12.1 Å². The van der Waals surface area contributed by atoms with Gasteiger partial charge < -0.3 is 10.5 Å². The van der Waals surface area contributed by atoms with Gasteiger partial charge in [0, 0.05) is 32.1 Å². The number of fused-ring (bicyclic) bond motifs is 2. The quantitative estimate of drug-likeness (QED) is 0.909. The lowest BCUT2D eigenvalue weighted by atomic mass is 9.98. The van der Waals surface area contributed by atoms with Crippen molar-refractivity contribution in [2.24, 2.45) is 17.6 Å². The van der Waals surface area contributed by atoms with Crippen LogP contribution in [0.2, 0.25) is 0 Å². The smallest absolute Gasteiger partial charge is 0.122 e. The van der Waals surface area contributed by atoms with E-state index in [0.29, 0.717) is 6.04 Å². The number of nitrogens with zero attached hydrogens (tertiary/aromatic N) is 1. The third-order valence-corrected chi connectivity index (χ3v) is 5.15. The van der Waals surface area contributed by atoms with Crippen LogP contribution in [0.1, 0.15) is 24.0 Å². The molecule has 0 spiro atoms. The van der Waals surface area contributed by atoms with Crippen LogP contribution in [0.5, 0.6) is 5.75 Å². The van der Waals surface area contributed by atoms with Gasteiger partial charge in [0.1, 0.15) is 5.75 Å². The molecular weight excluding hydrogens is 272 g/mol. The maximum atomic E-state index is 6.21. The molecule has 2 fully saturated rings. The van der Waals surface area contributed by atoms with Crippen LogP contribution in [-0.2, 0) is 13.0 Å². The summed E-state index contributed by atoms with van der Waals surface area (Å²) in [5.41, 5.74) is 9.02. The Hall–Kier alpha value is -0.770. The molecule has 1 aromatic rings. The summed E-state index contributed by atoms with van der Waals surface area (Å²) in [7, 11) is 0. The van der Waals surface area contributed by atoms with Gasteiger partial charge >= 0.3 is 0 Å². The molecule has 1 saturated carbocycles. The number of likely N-dealkylation sites (tertiary alicyclic amines) is 1. The zero-order valence-electron chi connectivity index (χ0n) is 11.8. The van der Waals surface area contributed by atoms with Crippen LogP contribution in [0.3, 0.4) is 0 Å². The van der Waals surface area contributed by atoms with Crippen LogP contribution < -0.4 is 10.5 Å². The van der Waals surface area contributed by atoms with Crippen LogP contribution in [-0.4, -0.2) is 30.6 Å². The Morgan fingerprint density at radius 2 is 2.15 bits per heavy atom. The van der Waals surface area contributed by atoms with Gasteiger partial charge in [-0.15, -0.1) is 12.4 Å². The van der Waals surface area contributed by atoms with Crippen LogP contribution in [0.4, 0.5) is 0 Å². The third-order valence-electron chi connectivity index (χ3n) is 5.15. The molecule has 3 unspecified atom stereocenters. The molecule has 2 aliphatic heterocycles. The number of benzene rings is 1. The average molecular weight is 295 g/mol. The first-order valence-electron chi connectivity index (χ1n) is 7.52. The van der Waals surface area contributed by atoms with Crippen molar-refractivity contribution < 1.29 is 4.74 Å². The number of rotatable bonds is 2. The van der Waals surface area contributed by atoms with Gasteiger partial charge in [-0.25, -0.2) is 0 Å². The minimum Gasteiger partial charge on any atom is -0.493 e. The van der Waals surface area contributed by atoms with Crippen molar-refractivity contribution in [3.05, 3.63) is 29.3 Å². The SMILES string of the molecule is Cl.NC1CCC2CN(Cc3ccc4c(c3)CCO4)CC12. The molecule has 20 heavy (non-hydrogen) atoms. The molecule has 3 aliphatic rings. The topological polar surface area (TPSA) is 38.5 Å². The first-order valence-corrected chi connectivity index (χ1v) is 7.52. The van der Waals surface area contributed by atoms with Crippen LogP contribution in [0.25, 0.3) is 0 Å². The van der Waals surface area contributed by atoms with Crippen molar-refractivity contribution in [3.63, 3.8) is 0 Å². The predicted molar refractivity (Wildman–Crippen MR) is 82.4 cm³/mol. The van der Waals surface area contributed by atoms with Gasteiger partial charge in [-0.05, 0) is 41.9 Å². The summed E-state index contributed by atoms with van der Waals surface area (Å²) < 4.78 is 5.57. The maximum absolute atomic E-state index is 6.21. The summed E-state index contributed by atoms with van der Waals surface area (Å²) >= 11 is 0. The zero-order chi connectivity index (χ0) is 12.8. The van der Waals surface area contributed by atoms with Gasteiger partial charge in [0.2, 0.25) is 0 Å². The van der Waals surface area contributed by atoms with Crippen molar-refractivity contribution in [3.8, 4) is 5.75 Å². The highest BCUT2D eigenvalue weighted by Crippen LogP contribution is 2.37. The molecule has 4 rings (SSSR count). The van der Waals surface area contributed by atoms with Crippen molar-refractivity contribution in [2.45, 2.75) is 31.8 Å². The number of hydrogen-bond acceptors (Lipinski definition) is 3. The Balaban J connectivity index is 0.00000121. The van der Waals surface area contributed by atoms with E-state index in [2.05, 4.69) is 23.1 Å². The van der Waals surface area contributed by atoms with Crippen molar-refractivity contribution in [1.29, 1.82) is 0 Å². The summed E-state index contributed by atoms with van der Waals surface area (Å²) in [6, 6.07) is 7.14. The molecular formula is C16H23ClN2O. The van der Waals surface area contributed by atoms with E-state index in [1.807, 2.05) is 0 Å². The standard InChI is InChI=1S/C16H22N2O.ClH/c17-15-3-2-13-9-18(10-14(13)15)8-11-1-4-16-12(7-11)5-6-19-16;/h1,4,7,13-15H,2-3,5-6,8-10,17H2;1H. The molecule has 0 aromatic heterocycles. The van der Waals surface area contributed by atoms with E-state index >= 15 is 0 Å². The maximum Gasteiger partial charge on any atom is 0.122 e. The fourth-order valence-electron chi connectivity index (χ4n) is 4.13. The minimum atomic E-state index is 0. The van der Waals surface area contributed by atoms with Crippen molar-refractivity contribution >= 4 is 12.4 Å². The molecule has 0 bridgehead atoms. The number of nitrogens with two attached hydrogens (primary N) is 1. The van der Waals surface area contributed by atoms with E-state index in [9.17, 15) is 0 Å². The fraction of sp³-hybridized carbons (Fsp3) is 0.625. The van der Waals surface area contributed by atoms with Gasteiger partial charge in [0.05, 0.1) is 6.61 Å². The number of halogens is 1. The highest BCUT2D eigenvalue weighted by Gasteiger charge is 2.40. The monoisotopic (exact) mass is 294 g/mol. The summed E-state index contributed by atoms with van der Waals surface area (Å²) in [5.74, 6) is 2.69. The number of ether oxygens (including phenoxy) is 1. The highest BCUT2D eigenvalue weighted by atomic mass is 35.5. The molecule has 1 aliphatic carbocycles. The van der Waals surface area contributed by atoms with Crippen LogP contribution in [0.15, 0.2) is 18.2 Å². The third kappa shape index (κ3) is 2.43. The largest absolute Gasteiger partial charge is 0.493 e. The van der Waals surface area contributed by atoms with Crippen molar-refractivity contribution in [2.75, 3.05) is 19.7 Å². The van der Waals surface area contributed by atoms with Gasteiger partial charge in [-0.3, -0.25) is 4.90 Å². The van der Waals surface area contributed by atoms with Gasteiger partial charge in [0.15, 0.2) is 0 Å².